The van der Waals surface area contributed by atoms with Crippen molar-refractivity contribution in [2.24, 2.45) is 0 Å². The topological polar surface area (TPSA) is 101 Å². The van der Waals surface area contributed by atoms with Crippen LogP contribution in [0.5, 0.6) is 0 Å². The Morgan fingerprint density at radius 1 is 1.20 bits per heavy atom. The molecule has 0 spiro atoms. The third-order valence-corrected chi connectivity index (χ3v) is 8.83. The summed E-state index contributed by atoms with van der Waals surface area (Å²) in [5.41, 5.74) is 6.33. The molecule has 3 aromatic heterocycles. The molecule has 206 valence electrons. The molecule has 0 unspecified atom stereocenters. The first kappa shape index (κ1) is 25.2. The summed E-state index contributed by atoms with van der Waals surface area (Å²) in [5.74, 6) is 1.61. The molecule has 1 atom stereocenters. The van der Waals surface area contributed by atoms with Gasteiger partial charge >= 0.3 is 0 Å². The van der Waals surface area contributed by atoms with Gasteiger partial charge in [0.2, 0.25) is 5.95 Å². The maximum absolute atomic E-state index is 13.4. The molecule has 9 heteroatoms. The normalized spacial score (nSPS) is 20.5. The number of allylic oxidation sites excluding steroid dienone is 1. The van der Waals surface area contributed by atoms with Gasteiger partial charge in [-0.1, -0.05) is 19.1 Å². The van der Waals surface area contributed by atoms with Gasteiger partial charge in [-0.3, -0.25) is 4.79 Å². The summed E-state index contributed by atoms with van der Waals surface area (Å²) in [4.78, 5) is 30.1. The first-order valence-electron chi connectivity index (χ1n) is 14.3. The van der Waals surface area contributed by atoms with Gasteiger partial charge in [0.15, 0.2) is 11.5 Å². The molecular formula is C31H35N7O2. The standard InChI is InChI=1S/C31H35N7O2/c1-4-13-37-29(39)25-17-32-30(33-22-15-21-18-36(3)14-11-23(21)24(16-22)19-6-7-19)35-28(25)38(37)26-9-8-20-10-12-31(40,5-2)27(20)34-26/h4,8-9,15-17,19,40H,1,5-7,10-14,18H2,2-3H3,(H,32,33,35)/t31-/m0/s1. The molecule has 0 saturated heterocycles. The van der Waals surface area contributed by atoms with Crippen LogP contribution in [0.2, 0.25) is 0 Å². The molecule has 40 heavy (non-hydrogen) atoms. The first-order chi connectivity index (χ1) is 19.4. The summed E-state index contributed by atoms with van der Waals surface area (Å²) < 4.78 is 3.31. The van der Waals surface area contributed by atoms with Crippen molar-refractivity contribution in [3.05, 3.63) is 81.4 Å². The lowest BCUT2D eigenvalue weighted by Gasteiger charge is -2.28. The van der Waals surface area contributed by atoms with E-state index in [1.165, 1.54) is 29.5 Å². The van der Waals surface area contributed by atoms with Gasteiger partial charge in [-0.05, 0) is 91.9 Å². The minimum Gasteiger partial charge on any atom is -0.384 e. The van der Waals surface area contributed by atoms with Crippen LogP contribution in [0.15, 0.2) is 47.9 Å². The number of rotatable bonds is 7. The molecule has 4 aromatic rings. The van der Waals surface area contributed by atoms with E-state index in [2.05, 4.69) is 41.0 Å². The van der Waals surface area contributed by atoms with E-state index in [4.69, 9.17) is 9.97 Å². The van der Waals surface area contributed by atoms with Crippen LogP contribution in [-0.2, 0) is 31.5 Å². The minimum absolute atomic E-state index is 0.206. The Kier molecular flexibility index (Phi) is 5.90. The first-order valence-corrected chi connectivity index (χ1v) is 14.3. The summed E-state index contributed by atoms with van der Waals surface area (Å²) >= 11 is 0. The van der Waals surface area contributed by atoms with Crippen LogP contribution < -0.4 is 10.9 Å². The lowest BCUT2D eigenvalue weighted by Crippen LogP contribution is -2.27. The van der Waals surface area contributed by atoms with Gasteiger partial charge in [0.1, 0.15) is 11.0 Å². The van der Waals surface area contributed by atoms with Crippen LogP contribution in [-0.4, -0.2) is 47.9 Å². The Labute approximate surface area is 233 Å². The fourth-order valence-corrected chi connectivity index (χ4v) is 6.45. The Morgan fingerprint density at radius 3 is 2.83 bits per heavy atom. The van der Waals surface area contributed by atoms with E-state index >= 15 is 0 Å². The second-order valence-corrected chi connectivity index (χ2v) is 11.6. The van der Waals surface area contributed by atoms with Crippen molar-refractivity contribution in [1.82, 2.24) is 29.2 Å². The highest BCUT2D eigenvalue weighted by atomic mass is 16.3. The number of likely N-dealkylation sites (N-methyl/N-ethyl adjacent to an activating group) is 1. The van der Waals surface area contributed by atoms with Crippen LogP contribution in [0.4, 0.5) is 11.6 Å². The fourth-order valence-electron chi connectivity index (χ4n) is 6.45. The highest BCUT2D eigenvalue weighted by Crippen LogP contribution is 2.45. The molecule has 1 aromatic carbocycles. The zero-order chi connectivity index (χ0) is 27.6. The Hall–Kier alpha value is -3.82. The van der Waals surface area contributed by atoms with E-state index in [0.29, 0.717) is 47.3 Å². The van der Waals surface area contributed by atoms with Crippen LogP contribution in [0.3, 0.4) is 0 Å². The molecule has 2 aliphatic carbocycles. The zero-order valence-electron chi connectivity index (χ0n) is 23.2. The number of aryl methyl sites for hydroxylation is 1. The van der Waals surface area contributed by atoms with Crippen LogP contribution in [0.25, 0.3) is 16.9 Å². The van der Waals surface area contributed by atoms with Crippen LogP contribution in [0, 0.1) is 0 Å². The molecule has 7 rings (SSSR count). The molecule has 0 bridgehead atoms. The smallest absolute Gasteiger partial charge is 0.278 e. The van der Waals surface area contributed by atoms with Gasteiger partial charge in [-0.15, -0.1) is 6.58 Å². The van der Waals surface area contributed by atoms with Crippen molar-refractivity contribution in [3.63, 3.8) is 0 Å². The number of fused-ring (bicyclic) bond motifs is 3. The van der Waals surface area contributed by atoms with Crippen LogP contribution in [0.1, 0.15) is 66.5 Å². The molecule has 0 radical (unpaired) electrons. The number of anilines is 2. The van der Waals surface area contributed by atoms with E-state index in [0.717, 1.165) is 37.2 Å². The molecule has 4 heterocycles. The van der Waals surface area contributed by atoms with Crippen molar-refractivity contribution in [3.8, 4) is 5.82 Å². The number of aromatic nitrogens is 5. The van der Waals surface area contributed by atoms with Crippen molar-refractivity contribution >= 4 is 22.7 Å². The third kappa shape index (κ3) is 4.07. The molecule has 1 saturated carbocycles. The second-order valence-electron chi connectivity index (χ2n) is 11.6. The molecule has 0 amide bonds. The van der Waals surface area contributed by atoms with Gasteiger partial charge in [-0.25, -0.2) is 19.3 Å². The SMILES string of the molecule is C=CCn1c(=O)c2cnc(Nc3cc4c(c(C5CC5)c3)CCN(C)C4)nc2n1-c1ccc2c(n1)[C@](O)(CC)CC2. The lowest BCUT2D eigenvalue weighted by molar-refractivity contribution is 0.0306. The van der Waals surface area contributed by atoms with E-state index < -0.39 is 5.60 Å². The number of nitrogens with one attached hydrogen (secondary N) is 1. The van der Waals surface area contributed by atoms with E-state index in [-0.39, 0.29) is 12.1 Å². The number of nitrogens with zero attached hydrogens (tertiary/aromatic N) is 6. The monoisotopic (exact) mass is 537 g/mol. The van der Waals surface area contributed by atoms with Gasteiger partial charge in [0.25, 0.3) is 5.56 Å². The van der Waals surface area contributed by atoms with Crippen molar-refractivity contribution < 1.29 is 5.11 Å². The lowest BCUT2D eigenvalue weighted by atomic mass is 9.91. The quantitative estimate of drug-likeness (QED) is 0.339. The molecule has 1 aliphatic heterocycles. The average Bonchev–Trinajstić information content (AvgIpc) is 3.70. The van der Waals surface area contributed by atoms with Gasteiger partial charge in [0, 0.05) is 25.0 Å². The summed E-state index contributed by atoms with van der Waals surface area (Å²) in [6.07, 6.45) is 8.87. The number of benzene rings is 1. The van der Waals surface area contributed by atoms with Crippen molar-refractivity contribution in [2.75, 3.05) is 18.9 Å². The second kappa shape index (κ2) is 9.38. The predicted molar refractivity (Wildman–Crippen MR) is 155 cm³/mol. The number of hydrogen-bond acceptors (Lipinski definition) is 7. The molecule has 2 N–H and O–H groups in total. The summed E-state index contributed by atoms with van der Waals surface area (Å²) in [7, 11) is 2.17. The van der Waals surface area contributed by atoms with Gasteiger partial charge in [-0.2, -0.15) is 4.98 Å². The molecule has 1 fully saturated rings. The minimum atomic E-state index is -0.959. The number of hydrogen-bond donors (Lipinski definition) is 2. The summed E-state index contributed by atoms with van der Waals surface area (Å²) in [6.45, 7) is 8.14. The summed E-state index contributed by atoms with van der Waals surface area (Å²) in [5, 5.41) is 15.0. The Morgan fingerprint density at radius 2 is 2.05 bits per heavy atom. The summed E-state index contributed by atoms with van der Waals surface area (Å²) in [6, 6.07) is 8.38. The maximum atomic E-state index is 13.4. The molecule has 3 aliphatic rings. The largest absolute Gasteiger partial charge is 0.384 e. The number of aliphatic hydroxyl groups is 1. The molecule has 9 nitrogen and oxygen atoms in total. The van der Waals surface area contributed by atoms with Crippen molar-refractivity contribution in [1.29, 1.82) is 0 Å². The van der Waals surface area contributed by atoms with E-state index in [1.807, 2.05) is 19.1 Å². The molecular weight excluding hydrogens is 502 g/mol. The van der Waals surface area contributed by atoms with E-state index in [1.54, 1.807) is 21.6 Å². The van der Waals surface area contributed by atoms with Gasteiger partial charge < -0.3 is 15.3 Å². The zero-order valence-corrected chi connectivity index (χ0v) is 23.2. The van der Waals surface area contributed by atoms with E-state index in [9.17, 15) is 9.90 Å². The Balaban J connectivity index is 1.33. The maximum Gasteiger partial charge on any atom is 0.278 e. The highest BCUT2D eigenvalue weighted by Gasteiger charge is 2.37. The fraction of sp³-hybridized carbons (Fsp3) is 0.419. The van der Waals surface area contributed by atoms with Gasteiger partial charge in [0.05, 0.1) is 12.2 Å². The predicted octanol–water partition coefficient (Wildman–Crippen LogP) is 4.32. The third-order valence-electron chi connectivity index (χ3n) is 8.83. The average molecular weight is 538 g/mol. The number of pyridine rings is 1. The van der Waals surface area contributed by atoms with Crippen molar-refractivity contribution in [2.45, 2.75) is 70.1 Å². The highest BCUT2D eigenvalue weighted by molar-refractivity contribution is 5.77. The Bertz CT molecular complexity index is 1720. The van der Waals surface area contributed by atoms with Crippen LogP contribution >= 0.6 is 0 Å².